The van der Waals surface area contributed by atoms with E-state index in [1.54, 1.807) is 37.1 Å². The van der Waals surface area contributed by atoms with E-state index in [4.69, 9.17) is 0 Å². The lowest BCUT2D eigenvalue weighted by Crippen LogP contribution is -2.45. The van der Waals surface area contributed by atoms with E-state index in [1.807, 2.05) is 6.92 Å². The minimum atomic E-state index is -1.03. The smallest absolute Gasteiger partial charge is 0.326 e. The van der Waals surface area contributed by atoms with Gasteiger partial charge in [0.05, 0.1) is 0 Å². The number of carboxylic acid groups (broad SMARTS) is 1. The van der Waals surface area contributed by atoms with Crippen LogP contribution in [0.4, 0.5) is 5.69 Å². The summed E-state index contributed by atoms with van der Waals surface area (Å²) in [7, 11) is 1.71. The predicted molar refractivity (Wildman–Crippen MR) is 86.5 cm³/mol. The van der Waals surface area contributed by atoms with Crippen LogP contribution in [0, 0.1) is 5.92 Å². The molecule has 6 heteroatoms. The van der Waals surface area contributed by atoms with Gasteiger partial charge in [-0.05, 0) is 36.1 Å². The molecule has 1 aliphatic rings. The number of fused-ring (bicyclic) bond motifs is 1. The van der Waals surface area contributed by atoms with Gasteiger partial charge in [0.15, 0.2) is 0 Å². The number of carbonyl (C=O) groups is 3. The molecule has 0 saturated heterocycles. The van der Waals surface area contributed by atoms with E-state index < -0.39 is 17.9 Å². The highest BCUT2D eigenvalue weighted by Crippen LogP contribution is 2.27. The molecule has 0 aliphatic carbocycles. The van der Waals surface area contributed by atoms with Crippen molar-refractivity contribution in [3.05, 3.63) is 29.3 Å². The van der Waals surface area contributed by atoms with E-state index in [9.17, 15) is 19.5 Å². The van der Waals surface area contributed by atoms with Crippen LogP contribution in [0.2, 0.25) is 0 Å². The number of hydrogen-bond acceptors (Lipinski definition) is 3. The number of anilines is 1. The molecule has 1 aliphatic heterocycles. The van der Waals surface area contributed by atoms with E-state index >= 15 is 0 Å². The molecule has 6 nitrogen and oxygen atoms in total. The molecule has 0 aromatic heterocycles. The number of benzene rings is 1. The van der Waals surface area contributed by atoms with Crippen molar-refractivity contribution in [1.82, 2.24) is 5.32 Å². The van der Waals surface area contributed by atoms with Crippen LogP contribution in [-0.2, 0) is 16.0 Å². The molecule has 0 fully saturated rings. The second-order valence-corrected chi connectivity index (χ2v) is 5.97. The van der Waals surface area contributed by atoms with Gasteiger partial charge in [0.25, 0.3) is 5.91 Å². The summed E-state index contributed by atoms with van der Waals surface area (Å²) < 4.78 is 0. The largest absolute Gasteiger partial charge is 0.480 e. The standard InChI is InChI=1S/C17H22N2O4/c1-4-10(2)15(17(22)23)18-16(21)12-5-7-13-11(9-12)6-8-14(20)19(13)3/h5,7,9-10,15H,4,6,8H2,1-3H3,(H,18,21)(H,22,23)/t10-,15-/m0/s1. The molecule has 0 spiro atoms. The van der Waals surface area contributed by atoms with Crippen LogP contribution >= 0.6 is 0 Å². The maximum atomic E-state index is 12.4. The maximum Gasteiger partial charge on any atom is 0.326 e. The molecule has 23 heavy (non-hydrogen) atoms. The molecule has 0 bridgehead atoms. The second-order valence-electron chi connectivity index (χ2n) is 5.97. The number of carboxylic acids is 1. The Balaban J connectivity index is 2.20. The van der Waals surface area contributed by atoms with E-state index in [-0.39, 0.29) is 11.8 Å². The normalized spacial score (nSPS) is 16.5. The summed E-state index contributed by atoms with van der Waals surface area (Å²) in [5, 5.41) is 11.9. The van der Waals surface area contributed by atoms with Gasteiger partial charge in [-0.25, -0.2) is 4.79 Å². The minimum Gasteiger partial charge on any atom is -0.480 e. The highest BCUT2D eigenvalue weighted by atomic mass is 16.4. The maximum absolute atomic E-state index is 12.4. The van der Waals surface area contributed by atoms with Crippen LogP contribution in [0.5, 0.6) is 0 Å². The fourth-order valence-electron chi connectivity index (χ4n) is 2.71. The Labute approximate surface area is 135 Å². The van der Waals surface area contributed by atoms with Gasteiger partial charge >= 0.3 is 5.97 Å². The van der Waals surface area contributed by atoms with Crippen molar-refractivity contribution in [2.75, 3.05) is 11.9 Å². The Hall–Kier alpha value is -2.37. The van der Waals surface area contributed by atoms with Crippen molar-refractivity contribution >= 4 is 23.5 Å². The van der Waals surface area contributed by atoms with E-state index in [0.717, 1.165) is 11.3 Å². The molecule has 2 atom stereocenters. The number of aliphatic carboxylic acids is 1. The van der Waals surface area contributed by atoms with Gasteiger partial charge < -0.3 is 15.3 Å². The van der Waals surface area contributed by atoms with E-state index in [1.165, 1.54) is 0 Å². The average molecular weight is 318 g/mol. The number of nitrogens with zero attached hydrogens (tertiary/aromatic N) is 1. The molecular weight excluding hydrogens is 296 g/mol. The van der Waals surface area contributed by atoms with Crippen LogP contribution in [0.3, 0.4) is 0 Å². The summed E-state index contributed by atoms with van der Waals surface area (Å²) in [5.74, 6) is -1.54. The quantitative estimate of drug-likeness (QED) is 0.867. The van der Waals surface area contributed by atoms with Gasteiger partial charge in [0.2, 0.25) is 5.91 Å². The van der Waals surface area contributed by atoms with Crippen LogP contribution in [0.15, 0.2) is 18.2 Å². The molecule has 0 saturated carbocycles. The highest BCUT2D eigenvalue weighted by molar-refractivity contribution is 6.00. The molecule has 0 radical (unpaired) electrons. The summed E-state index contributed by atoms with van der Waals surface area (Å²) >= 11 is 0. The third-order valence-corrected chi connectivity index (χ3v) is 4.45. The first-order valence-electron chi connectivity index (χ1n) is 7.78. The Morgan fingerprint density at radius 3 is 2.65 bits per heavy atom. The number of nitrogens with one attached hydrogen (secondary N) is 1. The van der Waals surface area contributed by atoms with Crippen LogP contribution < -0.4 is 10.2 Å². The number of carbonyl (C=O) groups excluding carboxylic acids is 2. The second kappa shape index (κ2) is 6.81. The van der Waals surface area contributed by atoms with Gasteiger partial charge in [-0.15, -0.1) is 0 Å². The molecule has 1 aromatic carbocycles. The molecule has 2 amide bonds. The van der Waals surface area contributed by atoms with Gasteiger partial charge in [-0.2, -0.15) is 0 Å². The molecule has 124 valence electrons. The van der Waals surface area contributed by atoms with Crippen molar-refractivity contribution in [3.63, 3.8) is 0 Å². The van der Waals surface area contributed by atoms with E-state index in [2.05, 4.69) is 5.32 Å². The molecule has 1 aromatic rings. The first-order chi connectivity index (χ1) is 10.8. The lowest BCUT2D eigenvalue weighted by Gasteiger charge is -2.26. The predicted octanol–water partition coefficient (Wildman–Crippen LogP) is 1.82. The van der Waals surface area contributed by atoms with Crippen LogP contribution in [0.25, 0.3) is 0 Å². The van der Waals surface area contributed by atoms with Gasteiger partial charge in [-0.3, -0.25) is 9.59 Å². The monoisotopic (exact) mass is 318 g/mol. The topological polar surface area (TPSA) is 86.7 Å². The molecular formula is C17H22N2O4. The van der Waals surface area contributed by atoms with Crippen molar-refractivity contribution < 1.29 is 19.5 Å². The zero-order valence-corrected chi connectivity index (χ0v) is 13.6. The number of rotatable bonds is 5. The number of aryl methyl sites for hydroxylation is 1. The van der Waals surface area contributed by atoms with Crippen LogP contribution in [-0.4, -0.2) is 36.0 Å². The van der Waals surface area contributed by atoms with Crippen molar-refractivity contribution in [2.24, 2.45) is 5.92 Å². The average Bonchev–Trinajstić information content (AvgIpc) is 2.54. The van der Waals surface area contributed by atoms with Gasteiger partial charge in [-0.1, -0.05) is 20.3 Å². The van der Waals surface area contributed by atoms with Gasteiger partial charge in [0, 0.05) is 24.7 Å². The summed E-state index contributed by atoms with van der Waals surface area (Å²) in [6, 6.07) is 4.19. The Morgan fingerprint density at radius 1 is 1.35 bits per heavy atom. The van der Waals surface area contributed by atoms with Gasteiger partial charge in [0.1, 0.15) is 6.04 Å². The number of amides is 2. The SMILES string of the molecule is CC[C@H](C)[C@H](NC(=O)c1ccc2c(c1)CCC(=O)N2C)C(=O)O. The summed E-state index contributed by atoms with van der Waals surface area (Å²) in [6.07, 6.45) is 1.67. The third-order valence-electron chi connectivity index (χ3n) is 4.45. The first kappa shape index (κ1) is 17.0. The Morgan fingerprint density at radius 2 is 2.04 bits per heavy atom. The van der Waals surface area contributed by atoms with Crippen LogP contribution in [0.1, 0.15) is 42.6 Å². The fraction of sp³-hybridized carbons (Fsp3) is 0.471. The number of hydrogen-bond donors (Lipinski definition) is 2. The summed E-state index contributed by atoms with van der Waals surface area (Å²) in [5.41, 5.74) is 2.14. The Bertz CT molecular complexity index is 641. The zero-order valence-electron chi connectivity index (χ0n) is 13.6. The minimum absolute atomic E-state index is 0.0532. The molecule has 1 heterocycles. The van der Waals surface area contributed by atoms with Crippen molar-refractivity contribution in [2.45, 2.75) is 39.2 Å². The lowest BCUT2D eigenvalue weighted by atomic mass is 9.97. The zero-order chi connectivity index (χ0) is 17.1. The van der Waals surface area contributed by atoms with Crippen molar-refractivity contribution in [1.29, 1.82) is 0 Å². The molecule has 2 rings (SSSR count). The molecule has 2 N–H and O–H groups in total. The highest BCUT2D eigenvalue weighted by Gasteiger charge is 2.27. The van der Waals surface area contributed by atoms with Crippen molar-refractivity contribution in [3.8, 4) is 0 Å². The molecule has 0 unspecified atom stereocenters. The lowest BCUT2D eigenvalue weighted by molar-refractivity contribution is -0.140. The van der Waals surface area contributed by atoms with E-state index in [0.29, 0.717) is 24.8 Å². The summed E-state index contributed by atoms with van der Waals surface area (Å²) in [6.45, 7) is 3.69. The Kier molecular flexibility index (Phi) is 5.03. The third kappa shape index (κ3) is 3.52. The first-order valence-corrected chi connectivity index (χ1v) is 7.78. The summed E-state index contributed by atoms with van der Waals surface area (Å²) in [4.78, 5) is 36.9. The fourth-order valence-corrected chi connectivity index (χ4v) is 2.71.